The molecule has 3 aromatic carbocycles. The molecule has 27 heavy (non-hydrogen) atoms. The van der Waals surface area contributed by atoms with E-state index in [0.29, 0.717) is 16.9 Å². The summed E-state index contributed by atoms with van der Waals surface area (Å²) in [5, 5.41) is 6.09. The molecule has 134 valence electrons. The van der Waals surface area contributed by atoms with E-state index >= 15 is 0 Å². The molecular formula is C22H17FN2O2. The van der Waals surface area contributed by atoms with Crippen molar-refractivity contribution < 1.29 is 13.9 Å². The number of esters is 1. The SMILES string of the molecule is CCOC(=O)c1cnc2c(ccc3ccccc32)c1Nc1ccc(F)cc1. The fourth-order valence-electron chi connectivity index (χ4n) is 3.11. The lowest BCUT2D eigenvalue weighted by Gasteiger charge is -2.15. The zero-order valence-electron chi connectivity index (χ0n) is 14.7. The summed E-state index contributed by atoms with van der Waals surface area (Å²) in [7, 11) is 0. The second kappa shape index (κ2) is 7.03. The number of hydrogen-bond acceptors (Lipinski definition) is 4. The quantitative estimate of drug-likeness (QED) is 0.388. The third-order valence-corrected chi connectivity index (χ3v) is 4.37. The van der Waals surface area contributed by atoms with Gasteiger partial charge in [-0.2, -0.15) is 0 Å². The van der Waals surface area contributed by atoms with Gasteiger partial charge in [-0.15, -0.1) is 0 Å². The van der Waals surface area contributed by atoms with E-state index in [9.17, 15) is 9.18 Å². The summed E-state index contributed by atoms with van der Waals surface area (Å²) in [5.74, 6) is -0.776. The van der Waals surface area contributed by atoms with Crippen molar-refractivity contribution in [3.05, 3.63) is 78.2 Å². The predicted octanol–water partition coefficient (Wildman–Crippen LogP) is 5.45. The summed E-state index contributed by atoms with van der Waals surface area (Å²) in [6.45, 7) is 2.03. The average Bonchev–Trinajstić information content (AvgIpc) is 2.69. The summed E-state index contributed by atoms with van der Waals surface area (Å²) in [4.78, 5) is 17.0. The van der Waals surface area contributed by atoms with Gasteiger partial charge in [0.15, 0.2) is 0 Å². The monoisotopic (exact) mass is 360 g/mol. The van der Waals surface area contributed by atoms with Crippen molar-refractivity contribution in [3.8, 4) is 0 Å². The summed E-state index contributed by atoms with van der Waals surface area (Å²) in [6.07, 6.45) is 1.53. The number of nitrogens with one attached hydrogen (secondary N) is 1. The molecule has 0 unspecified atom stereocenters. The highest BCUT2D eigenvalue weighted by Gasteiger charge is 2.18. The number of pyridine rings is 1. The van der Waals surface area contributed by atoms with E-state index in [2.05, 4.69) is 10.3 Å². The molecule has 0 saturated heterocycles. The molecule has 0 radical (unpaired) electrons. The average molecular weight is 360 g/mol. The summed E-state index contributed by atoms with van der Waals surface area (Å²) < 4.78 is 18.4. The van der Waals surface area contributed by atoms with Crippen LogP contribution in [0.2, 0.25) is 0 Å². The number of carbonyl (C=O) groups is 1. The highest BCUT2D eigenvalue weighted by Crippen LogP contribution is 2.33. The van der Waals surface area contributed by atoms with Gasteiger partial charge in [0.05, 0.1) is 17.8 Å². The Hall–Kier alpha value is -3.47. The molecule has 0 bridgehead atoms. The highest BCUT2D eigenvalue weighted by molar-refractivity contribution is 6.13. The lowest BCUT2D eigenvalue weighted by molar-refractivity contribution is 0.0527. The number of halogens is 1. The molecule has 4 rings (SSSR count). The number of benzene rings is 3. The van der Waals surface area contributed by atoms with Crippen molar-refractivity contribution in [1.82, 2.24) is 4.98 Å². The fourth-order valence-corrected chi connectivity index (χ4v) is 3.11. The molecule has 0 saturated carbocycles. The Balaban J connectivity index is 1.95. The molecule has 5 heteroatoms. The lowest BCUT2D eigenvalue weighted by atomic mass is 10.0. The standard InChI is InChI=1S/C22H17FN2O2/c1-2-27-22(26)19-13-24-20-17-6-4-3-5-14(17)7-12-18(20)21(19)25-16-10-8-15(23)9-11-16/h3-13H,2H2,1H3,(H,24,25). The van der Waals surface area contributed by atoms with E-state index in [1.807, 2.05) is 36.4 Å². The molecule has 1 aromatic heterocycles. The number of carbonyl (C=O) groups excluding carboxylic acids is 1. The predicted molar refractivity (Wildman–Crippen MR) is 105 cm³/mol. The molecule has 4 aromatic rings. The zero-order chi connectivity index (χ0) is 18.8. The molecular weight excluding hydrogens is 343 g/mol. The molecule has 0 spiro atoms. The smallest absolute Gasteiger partial charge is 0.341 e. The van der Waals surface area contributed by atoms with Crippen molar-refractivity contribution in [2.75, 3.05) is 11.9 Å². The topological polar surface area (TPSA) is 51.2 Å². The van der Waals surface area contributed by atoms with Crippen LogP contribution in [-0.4, -0.2) is 17.6 Å². The first-order valence-corrected chi connectivity index (χ1v) is 8.67. The first-order chi connectivity index (χ1) is 13.2. The van der Waals surface area contributed by atoms with Gasteiger partial charge in [0, 0.05) is 22.7 Å². The van der Waals surface area contributed by atoms with E-state index in [4.69, 9.17) is 4.74 Å². The maximum atomic E-state index is 13.2. The number of anilines is 2. The molecule has 4 nitrogen and oxygen atoms in total. The van der Waals surface area contributed by atoms with E-state index in [0.717, 1.165) is 21.7 Å². The molecule has 0 aliphatic rings. The number of nitrogens with zero attached hydrogens (tertiary/aromatic N) is 1. The van der Waals surface area contributed by atoms with Gasteiger partial charge in [0.2, 0.25) is 0 Å². The molecule has 0 amide bonds. The number of rotatable bonds is 4. The lowest BCUT2D eigenvalue weighted by Crippen LogP contribution is -2.09. The molecule has 1 N–H and O–H groups in total. The zero-order valence-corrected chi connectivity index (χ0v) is 14.7. The maximum absolute atomic E-state index is 13.2. The van der Waals surface area contributed by atoms with Crippen molar-refractivity contribution in [3.63, 3.8) is 0 Å². The normalized spacial score (nSPS) is 10.9. The molecule has 1 heterocycles. The van der Waals surface area contributed by atoms with Crippen LogP contribution < -0.4 is 5.32 Å². The first kappa shape index (κ1) is 17.0. The number of aromatic nitrogens is 1. The van der Waals surface area contributed by atoms with E-state index in [1.165, 1.54) is 18.3 Å². The second-order valence-electron chi connectivity index (χ2n) is 6.08. The number of hydrogen-bond donors (Lipinski definition) is 1. The fraction of sp³-hybridized carbons (Fsp3) is 0.0909. The van der Waals surface area contributed by atoms with Crippen molar-refractivity contribution in [2.24, 2.45) is 0 Å². The minimum atomic E-state index is -0.454. The Morgan fingerprint density at radius 3 is 2.59 bits per heavy atom. The largest absolute Gasteiger partial charge is 0.462 e. The number of fused-ring (bicyclic) bond motifs is 3. The third kappa shape index (κ3) is 3.19. The minimum absolute atomic E-state index is 0.268. The maximum Gasteiger partial charge on any atom is 0.341 e. The Morgan fingerprint density at radius 1 is 1.04 bits per heavy atom. The van der Waals surface area contributed by atoms with Gasteiger partial charge in [-0.25, -0.2) is 9.18 Å². The molecule has 0 fully saturated rings. The first-order valence-electron chi connectivity index (χ1n) is 8.67. The summed E-state index contributed by atoms with van der Waals surface area (Å²) >= 11 is 0. The molecule has 0 aliphatic heterocycles. The Kier molecular flexibility index (Phi) is 4.42. The van der Waals surface area contributed by atoms with Crippen LogP contribution in [0.1, 0.15) is 17.3 Å². The van der Waals surface area contributed by atoms with Crippen LogP contribution in [0, 0.1) is 5.82 Å². The van der Waals surface area contributed by atoms with Crippen LogP contribution >= 0.6 is 0 Å². The summed E-state index contributed by atoms with van der Waals surface area (Å²) in [5.41, 5.74) is 2.38. The second-order valence-corrected chi connectivity index (χ2v) is 6.08. The molecule has 0 aliphatic carbocycles. The van der Waals surface area contributed by atoms with Crippen LogP contribution in [0.4, 0.5) is 15.8 Å². The van der Waals surface area contributed by atoms with Crippen LogP contribution in [0.3, 0.4) is 0 Å². The Morgan fingerprint density at radius 2 is 1.81 bits per heavy atom. The van der Waals surface area contributed by atoms with Crippen molar-refractivity contribution in [2.45, 2.75) is 6.92 Å². The number of ether oxygens (including phenoxy) is 1. The van der Waals surface area contributed by atoms with E-state index in [-0.39, 0.29) is 12.4 Å². The van der Waals surface area contributed by atoms with Gasteiger partial charge in [-0.05, 0) is 36.6 Å². The highest BCUT2D eigenvalue weighted by atomic mass is 19.1. The Bertz CT molecular complexity index is 1140. The van der Waals surface area contributed by atoms with Gasteiger partial charge >= 0.3 is 5.97 Å². The van der Waals surface area contributed by atoms with Crippen LogP contribution in [-0.2, 0) is 4.74 Å². The van der Waals surface area contributed by atoms with Crippen LogP contribution in [0.15, 0.2) is 66.9 Å². The van der Waals surface area contributed by atoms with Crippen molar-refractivity contribution >= 4 is 39.0 Å². The van der Waals surface area contributed by atoms with E-state index < -0.39 is 5.97 Å². The summed E-state index contributed by atoms with van der Waals surface area (Å²) in [6, 6.07) is 17.8. The van der Waals surface area contributed by atoms with Gasteiger partial charge < -0.3 is 10.1 Å². The van der Waals surface area contributed by atoms with Gasteiger partial charge in [-0.1, -0.05) is 36.4 Å². The van der Waals surface area contributed by atoms with Gasteiger partial charge in [0.1, 0.15) is 11.4 Å². The van der Waals surface area contributed by atoms with E-state index in [1.54, 1.807) is 19.1 Å². The van der Waals surface area contributed by atoms with Crippen LogP contribution in [0.25, 0.3) is 21.7 Å². The van der Waals surface area contributed by atoms with Gasteiger partial charge in [0.25, 0.3) is 0 Å². The molecule has 0 atom stereocenters. The minimum Gasteiger partial charge on any atom is -0.462 e. The van der Waals surface area contributed by atoms with Gasteiger partial charge in [-0.3, -0.25) is 4.98 Å². The van der Waals surface area contributed by atoms with Crippen molar-refractivity contribution in [1.29, 1.82) is 0 Å². The Labute approximate surface area is 155 Å². The third-order valence-electron chi connectivity index (χ3n) is 4.37. The van der Waals surface area contributed by atoms with Crippen LogP contribution in [0.5, 0.6) is 0 Å².